The number of carbonyl (C=O) groups is 1. The zero-order valence-corrected chi connectivity index (χ0v) is 11.1. The van der Waals surface area contributed by atoms with Gasteiger partial charge in [0.15, 0.2) is 5.75 Å². The summed E-state index contributed by atoms with van der Waals surface area (Å²) >= 11 is 0. The first kappa shape index (κ1) is 12.5. The first-order valence-corrected chi connectivity index (χ1v) is 6.47. The molecule has 1 aromatic carbocycles. The summed E-state index contributed by atoms with van der Waals surface area (Å²) in [6.07, 6.45) is 3.37. The van der Waals surface area contributed by atoms with E-state index in [2.05, 4.69) is 15.6 Å². The Bertz CT molecular complexity index is 655. The predicted molar refractivity (Wildman–Crippen MR) is 77.4 cm³/mol. The third kappa shape index (κ3) is 2.42. The maximum absolute atomic E-state index is 12.4. The second-order valence-corrected chi connectivity index (χ2v) is 4.66. The van der Waals surface area contributed by atoms with Gasteiger partial charge in [0.1, 0.15) is 6.61 Å². The number of amides is 1. The van der Waals surface area contributed by atoms with Gasteiger partial charge in [-0.3, -0.25) is 9.78 Å². The predicted octanol–water partition coefficient (Wildman–Crippen LogP) is 2.45. The molecule has 5 nitrogen and oxygen atoms in total. The molecule has 2 N–H and O–H groups in total. The number of aryl methyl sites for hydroxylation is 1. The monoisotopic (exact) mass is 269 g/mol. The number of hydrogen-bond acceptors (Lipinski definition) is 4. The molecule has 0 radical (unpaired) electrons. The van der Waals surface area contributed by atoms with Crippen LogP contribution in [-0.4, -0.2) is 24.0 Å². The van der Waals surface area contributed by atoms with Crippen molar-refractivity contribution in [3.8, 4) is 5.75 Å². The summed E-state index contributed by atoms with van der Waals surface area (Å²) in [4.78, 5) is 16.4. The molecule has 102 valence electrons. The summed E-state index contributed by atoms with van der Waals surface area (Å²) in [5.74, 6) is 0.412. The highest BCUT2D eigenvalue weighted by atomic mass is 16.5. The van der Waals surface area contributed by atoms with E-state index < -0.39 is 0 Å². The molecule has 1 amide bonds. The van der Waals surface area contributed by atoms with Crippen LogP contribution in [0.1, 0.15) is 15.9 Å². The third-order valence-electron chi connectivity index (χ3n) is 3.06. The summed E-state index contributed by atoms with van der Waals surface area (Å²) < 4.78 is 5.60. The fourth-order valence-electron chi connectivity index (χ4n) is 2.17. The van der Waals surface area contributed by atoms with Crippen LogP contribution in [0.25, 0.3) is 0 Å². The molecule has 0 unspecified atom stereocenters. The van der Waals surface area contributed by atoms with Crippen LogP contribution in [0.2, 0.25) is 0 Å². The van der Waals surface area contributed by atoms with Gasteiger partial charge in [0.05, 0.1) is 23.1 Å². The van der Waals surface area contributed by atoms with E-state index in [9.17, 15) is 4.79 Å². The molecule has 3 rings (SSSR count). The summed E-state index contributed by atoms with van der Waals surface area (Å²) in [7, 11) is 0. The average molecular weight is 269 g/mol. The Morgan fingerprint density at radius 3 is 3.15 bits per heavy atom. The van der Waals surface area contributed by atoms with Crippen LogP contribution in [0, 0.1) is 6.92 Å². The number of aromatic nitrogens is 1. The molecule has 0 fully saturated rings. The normalized spacial score (nSPS) is 12.8. The Morgan fingerprint density at radius 1 is 1.40 bits per heavy atom. The van der Waals surface area contributed by atoms with Crippen molar-refractivity contribution >= 4 is 17.3 Å². The number of pyridine rings is 1. The number of ether oxygens (including phenoxy) is 1. The topological polar surface area (TPSA) is 63.2 Å². The Balaban J connectivity index is 1.88. The number of carbonyl (C=O) groups excluding carboxylic acids is 1. The number of rotatable bonds is 2. The van der Waals surface area contributed by atoms with Gasteiger partial charge in [-0.1, -0.05) is 6.07 Å². The second-order valence-electron chi connectivity index (χ2n) is 4.66. The molecule has 0 bridgehead atoms. The Morgan fingerprint density at radius 2 is 2.30 bits per heavy atom. The lowest BCUT2D eigenvalue weighted by Gasteiger charge is -2.21. The largest absolute Gasteiger partial charge is 0.489 e. The van der Waals surface area contributed by atoms with Gasteiger partial charge in [-0.05, 0) is 30.7 Å². The van der Waals surface area contributed by atoms with Crippen molar-refractivity contribution in [2.75, 3.05) is 23.8 Å². The molecule has 2 heterocycles. The van der Waals surface area contributed by atoms with Crippen LogP contribution in [0.3, 0.4) is 0 Å². The molecule has 0 aliphatic carbocycles. The molecule has 2 aromatic rings. The zero-order valence-electron chi connectivity index (χ0n) is 11.1. The van der Waals surface area contributed by atoms with Crippen molar-refractivity contribution < 1.29 is 9.53 Å². The van der Waals surface area contributed by atoms with Gasteiger partial charge < -0.3 is 15.4 Å². The molecule has 5 heteroatoms. The van der Waals surface area contributed by atoms with Crippen molar-refractivity contribution in [2.45, 2.75) is 6.92 Å². The van der Waals surface area contributed by atoms with Gasteiger partial charge in [-0.15, -0.1) is 0 Å². The molecule has 1 aromatic heterocycles. The van der Waals surface area contributed by atoms with Gasteiger partial charge in [-0.25, -0.2) is 0 Å². The smallest absolute Gasteiger partial charge is 0.259 e. The molecule has 0 saturated heterocycles. The first-order chi connectivity index (χ1) is 9.74. The van der Waals surface area contributed by atoms with E-state index in [1.54, 1.807) is 18.5 Å². The van der Waals surface area contributed by atoms with E-state index >= 15 is 0 Å². The number of fused-ring (bicyclic) bond motifs is 1. The van der Waals surface area contributed by atoms with Crippen LogP contribution in [-0.2, 0) is 0 Å². The highest BCUT2D eigenvalue weighted by molar-refractivity contribution is 6.07. The minimum atomic E-state index is -0.196. The van der Waals surface area contributed by atoms with E-state index in [1.807, 2.05) is 25.1 Å². The number of benzene rings is 1. The number of nitrogens with one attached hydrogen (secondary N) is 2. The number of anilines is 2. The Kier molecular flexibility index (Phi) is 3.25. The van der Waals surface area contributed by atoms with Gasteiger partial charge in [0, 0.05) is 12.7 Å². The average Bonchev–Trinajstić information content (AvgIpc) is 2.46. The Hall–Kier alpha value is -2.56. The van der Waals surface area contributed by atoms with Crippen LogP contribution < -0.4 is 15.4 Å². The van der Waals surface area contributed by atoms with Crippen molar-refractivity contribution in [3.63, 3.8) is 0 Å². The van der Waals surface area contributed by atoms with Crippen molar-refractivity contribution in [1.29, 1.82) is 0 Å². The van der Waals surface area contributed by atoms with E-state index in [-0.39, 0.29) is 5.91 Å². The van der Waals surface area contributed by atoms with Crippen molar-refractivity contribution in [2.24, 2.45) is 0 Å². The number of hydrogen-bond donors (Lipinski definition) is 2. The summed E-state index contributed by atoms with van der Waals surface area (Å²) in [5.41, 5.74) is 3.05. The van der Waals surface area contributed by atoms with Gasteiger partial charge >= 0.3 is 0 Å². The maximum Gasteiger partial charge on any atom is 0.259 e. The number of nitrogens with zero attached hydrogens (tertiary/aromatic N) is 1. The van der Waals surface area contributed by atoms with E-state index in [0.717, 1.165) is 17.8 Å². The molecule has 1 aliphatic rings. The van der Waals surface area contributed by atoms with Crippen molar-refractivity contribution in [1.82, 2.24) is 4.98 Å². The molecule has 20 heavy (non-hydrogen) atoms. The lowest BCUT2D eigenvalue weighted by atomic mass is 10.1. The summed E-state index contributed by atoms with van der Waals surface area (Å²) in [6, 6.07) is 7.37. The second kappa shape index (κ2) is 5.21. The van der Waals surface area contributed by atoms with Crippen LogP contribution in [0.15, 0.2) is 36.7 Å². The quantitative estimate of drug-likeness (QED) is 0.879. The first-order valence-electron chi connectivity index (χ1n) is 6.47. The van der Waals surface area contributed by atoms with Crippen LogP contribution in [0.4, 0.5) is 11.4 Å². The molecule has 0 spiro atoms. The molecule has 1 aliphatic heterocycles. The highest BCUT2D eigenvalue weighted by Gasteiger charge is 2.19. The lowest BCUT2D eigenvalue weighted by molar-refractivity contribution is 0.102. The fourth-order valence-corrected chi connectivity index (χ4v) is 2.17. The summed E-state index contributed by atoms with van der Waals surface area (Å²) in [5, 5.41) is 6.05. The molecule has 0 saturated carbocycles. The third-order valence-corrected chi connectivity index (χ3v) is 3.06. The fraction of sp³-hybridized carbons (Fsp3) is 0.200. The SMILES string of the molecule is Cc1cncc(NC(=O)c2cccc3c2OCCN3)c1. The molecular weight excluding hydrogens is 254 g/mol. The minimum absolute atomic E-state index is 0.196. The standard InChI is InChI=1S/C15H15N3O2/c1-10-7-11(9-16-8-10)18-15(19)12-3-2-4-13-14(12)20-6-5-17-13/h2-4,7-9,17H,5-6H2,1H3,(H,18,19). The summed E-state index contributed by atoms with van der Waals surface area (Å²) in [6.45, 7) is 3.24. The zero-order chi connectivity index (χ0) is 13.9. The minimum Gasteiger partial charge on any atom is -0.489 e. The maximum atomic E-state index is 12.4. The molecule has 0 atom stereocenters. The van der Waals surface area contributed by atoms with E-state index in [1.165, 1.54) is 0 Å². The van der Waals surface area contributed by atoms with Crippen LogP contribution >= 0.6 is 0 Å². The van der Waals surface area contributed by atoms with Crippen LogP contribution in [0.5, 0.6) is 5.75 Å². The molecular formula is C15H15N3O2. The lowest BCUT2D eigenvalue weighted by Crippen LogP contribution is -2.21. The van der Waals surface area contributed by atoms with E-state index in [0.29, 0.717) is 23.6 Å². The Labute approximate surface area is 117 Å². The van der Waals surface area contributed by atoms with Crippen molar-refractivity contribution in [3.05, 3.63) is 47.8 Å². The number of para-hydroxylation sites is 1. The van der Waals surface area contributed by atoms with Gasteiger partial charge in [0.25, 0.3) is 5.91 Å². The van der Waals surface area contributed by atoms with Gasteiger partial charge in [0.2, 0.25) is 0 Å². The highest BCUT2D eigenvalue weighted by Crippen LogP contribution is 2.31. The van der Waals surface area contributed by atoms with Gasteiger partial charge in [-0.2, -0.15) is 0 Å². The van der Waals surface area contributed by atoms with E-state index in [4.69, 9.17) is 4.74 Å².